The van der Waals surface area contributed by atoms with Crippen LogP contribution < -0.4 is 4.72 Å². The molecule has 1 aromatic heterocycles. The lowest BCUT2D eigenvalue weighted by Crippen LogP contribution is -2.23. The Morgan fingerprint density at radius 2 is 2.11 bits per heavy atom. The minimum absolute atomic E-state index is 0.0882. The Bertz CT molecular complexity index is 698. The van der Waals surface area contributed by atoms with Crippen molar-refractivity contribution in [1.82, 2.24) is 4.72 Å². The van der Waals surface area contributed by atoms with Gasteiger partial charge in [0, 0.05) is 11.0 Å². The quantitative estimate of drug-likeness (QED) is 0.873. The van der Waals surface area contributed by atoms with Gasteiger partial charge < -0.3 is 0 Å². The van der Waals surface area contributed by atoms with Crippen LogP contribution in [0.4, 0.5) is 0 Å². The monoisotopic (exact) mass is 379 g/mol. The number of benzene rings is 1. The van der Waals surface area contributed by atoms with E-state index in [0.29, 0.717) is 0 Å². The number of hydrogen-bond donors (Lipinski definition) is 1. The highest BCUT2D eigenvalue weighted by molar-refractivity contribution is 9.10. The second-order valence-corrected chi connectivity index (χ2v) is 7.78. The topological polar surface area (TPSA) is 46.2 Å². The lowest BCUT2D eigenvalue weighted by molar-refractivity contribution is 0.581. The van der Waals surface area contributed by atoms with Gasteiger partial charge in [0.25, 0.3) is 0 Å². The number of thiophene rings is 1. The third-order valence-electron chi connectivity index (χ3n) is 2.60. The smallest absolute Gasteiger partial charge is 0.207 e. The van der Waals surface area contributed by atoms with Gasteiger partial charge in [0.2, 0.25) is 10.0 Å². The maximum atomic E-state index is 12.2. The SMILES string of the molecule is Cc1cscc1CNS(=O)(=O)c1ccc(Br)cc1Cl. The number of rotatable bonds is 4. The van der Waals surface area contributed by atoms with Crippen LogP contribution in [0.1, 0.15) is 11.1 Å². The van der Waals surface area contributed by atoms with Gasteiger partial charge in [-0.25, -0.2) is 13.1 Å². The summed E-state index contributed by atoms with van der Waals surface area (Å²) in [5, 5.41) is 4.11. The molecule has 0 aliphatic carbocycles. The first-order chi connectivity index (χ1) is 8.90. The molecular formula is C12H11BrClNO2S2. The number of aryl methyl sites for hydroxylation is 1. The molecule has 102 valence electrons. The molecular weight excluding hydrogens is 370 g/mol. The van der Waals surface area contributed by atoms with Crippen LogP contribution in [0.5, 0.6) is 0 Å². The Kier molecular flexibility index (Phi) is 4.68. The van der Waals surface area contributed by atoms with Crippen molar-refractivity contribution >= 4 is 48.9 Å². The summed E-state index contributed by atoms with van der Waals surface area (Å²) in [6.45, 7) is 2.22. The average molecular weight is 381 g/mol. The summed E-state index contributed by atoms with van der Waals surface area (Å²) in [4.78, 5) is 0.0882. The summed E-state index contributed by atoms with van der Waals surface area (Å²) < 4.78 is 27.6. The second-order valence-electron chi connectivity index (χ2n) is 3.98. The van der Waals surface area contributed by atoms with E-state index in [1.807, 2.05) is 17.7 Å². The van der Waals surface area contributed by atoms with Gasteiger partial charge in [-0.15, -0.1) is 0 Å². The average Bonchev–Trinajstić information content (AvgIpc) is 2.72. The zero-order valence-corrected chi connectivity index (χ0v) is 14.0. The van der Waals surface area contributed by atoms with Crippen molar-refractivity contribution in [2.24, 2.45) is 0 Å². The third-order valence-corrected chi connectivity index (χ3v) is 5.89. The Morgan fingerprint density at radius 3 is 2.68 bits per heavy atom. The fourth-order valence-corrected chi connectivity index (χ4v) is 4.41. The Balaban J connectivity index is 2.21. The largest absolute Gasteiger partial charge is 0.242 e. The van der Waals surface area contributed by atoms with E-state index >= 15 is 0 Å². The molecule has 0 amide bonds. The molecule has 0 saturated heterocycles. The molecule has 0 aliphatic rings. The van der Waals surface area contributed by atoms with E-state index in [1.54, 1.807) is 23.5 Å². The molecule has 1 heterocycles. The molecule has 19 heavy (non-hydrogen) atoms. The molecule has 2 rings (SSSR count). The predicted octanol–water partition coefficient (Wildman–Crippen LogP) is 3.95. The zero-order valence-electron chi connectivity index (χ0n) is 9.98. The van der Waals surface area contributed by atoms with E-state index < -0.39 is 10.0 Å². The number of sulfonamides is 1. The molecule has 2 aromatic rings. The van der Waals surface area contributed by atoms with Crippen molar-refractivity contribution in [2.45, 2.75) is 18.4 Å². The van der Waals surface area contributed by atoms with Crippen LogP contribution in [0, 0.1) is 6.92 Å². The summed E-state index contributed by atoms with van der Waals surface area (Å²) in [5.74, 6) is 0. The lowest BCUT2D eigenvalue weighted by atomic mass is 10.2. The highest BCUT2D eigenvalue weighted by atomic mass is 79.9. The van der Waals surface area contributed by atoms with Crippen molar-refractivity contribution in [1.29, 1.82) is 0 Å². The van der Waals surface area contributed by atoms with Crippen LogP contribution in [0.2, 0.25) is 5.02 Å². The van der Waals surface area contributed by atoms with Crippen molar-refractivity contribution < 1.29 is 8.42 Å². The fraction of sp³-hybridized carbons (Fsp3) is 0.167. The third kappa shape index (κ3) is 3.58. The summed E-state index contributed by atoms with van der Waals surface area (Å²) in [6, 6.07) is 4.69. The summed E-state index contributed by atoms with van der Waals surface area (Å²) in [7, 11) is -3.60. The first-order valence-electron chi connectivity index (χ1n) is 5.36. The molecule has 0 fully saturated rings. The predicted molar refractivity (Wildman–Crippen MR) is 82.2 cm³/mol. The molecule has 3 nitrogen and oxygen atoms in total. The van der Waals surface area contributed by atoms with Crippen LogP contribution in [-0.2, 0) is 16.6 Å². The molecule has 0 atom stereocenters. The van der Waals surface area contributed by atoms with E-state index in [9.17, 15) is 8.42 Å². The maximum Gasteiger partial charge on any atom is 0.242 e. The molecule has 0 bridgehead atoms. The van der Waals surface area contributed by atoms with Gasteiger partial charge in [0.05, 0.1) is 5.02 Å². The second kappa shape index (κ2) is 5.93. The molecule has 0 spiro atoms. The molecule has 0 radical (unpaired) electrons. The molecule has 1 aromatic carbocycles. The van der Waals surface area contributed by atoms with Crippen LogP contribution in [0.15, 0.2) is 38.3 Å². The number of nitrogens with one attached hydrogen (secondary N) is 1. The molecule has 0 saturated carbocycles. The highest BCUT2D eigenvalue weighted by Crippen LogP contribution is 2.25. The summed E-state index contributed by atoms with van der Waals surface area (Å²) >= 11 is 10.8. The Hall–Kier alpha value is -0.400. The van der Waals surface area contributed by atoms with Crippen molar-refractivity contribution in [3.05, 3.63) is 49.6 Å². The van der Waals surface area contributed by atoms with Crippen LogP contribution in [-0.4, -0.2) is 8.42 Å². The van der Waals surface area contributed by atoms with E-state index in [0.717, 1.165) is 15.6 Å². The molecule has 0 aliphatic heterocycles. The zero-order chi connectivity index (χ0) is 14.0. The van der Waals surface area contributed by atoms with Crippen LogP contribution in [0.25, 0.3) is 0 Å². The lowest BCUT2D eigenvalue weighted by Gasteiger charge is -2.08. The summed E-state index contributed by atoms with van der Waals surface area (Å²) in [6.07, 6.45) is 0. The normalized spacial score (nSPS) is 11.7. The standard InChI is InChI=1S/C12H11BrClNO2S2/c1-8-6-18-7-9(8)5-15-19(16,17)12-3-2-10(13)4-11(12)14/h2-4,6-7,15H,5H2,1H3. The fourth-order valence-electron chi connectivity index (χ4n) is 1.51. The van der Waals surface area contributed by atoms with E-state index in [2.05, 4.69) is 20.7 Å². The first kappa shape index (κ1) is 15.0. The van der Waals surface area contributed by atoms with Gasteiger partial charge >= 0.3 is 0 Å². The molecule has 7 heteroatoms. The molecule has 1 N–H and O–H groups in total. The summed E-state index contributed by atoms with van der Waals surface area (Å²) in [5.41, 5.74) is 2.05. The number of halogens is 2. The van der Waals surface area contributed by atoms with Crippen LogP contribution >= 0.6 is 38.9 Å². The Morgan fingerprint density at radius 1 is 1.37 bits per heavy atom. The van der Waals surface area contributed by atoms with E-state index in [1.165, 1.54) is 6.07 Å². The van der Waals surface area contributed by atoms with Gasteiger partial charge in [-0.3, -0.25) is 0 Å². The minimum Gasteiger partial charge on any atom is -0.207 e. The number of hydrogen-bond acceptors (Lipinski definition) is 3. The van der Waals surface area contributed by atoms with Crippen LogP contribution in [0.3, 0.4) is 0 Å². The van der Waals surface area contributed by atoms with E-state index in [4.69, 9.17) is 11.6 Å². The van der Waals surface area contributed by atoms with E-state index in [-0.39, 0.29) is 16.5 Å². The van der Waals surface area contributed by atoms with Gasteiger partial charge in [0.15, 0.2) is 0 Å². The van der Waals surface area contributed by atoms with Gasteiger partial charge in [-0.1, -0.05) is 27.5 Å². The van der Waals surface area contributed by atoms with Crippen molar-refractivity contribution in [2.75, 3.05) is 0 Å². The van der Waals surface area contributed by atoms with Gasteiger partial charge in [-0.05, 0) is 47.0 Å². The maximum absolute atomic E-state index is 12.2. The van der Waals surface area contributed by atoms with Crippen molar-refractivity contribution in [3.8, 4) is 0 Å². The van der Waals surface area contributed by atoms with Gasteiger partial charge in [-0.2, -0.15) is 11.3 Å². The van der Waals surface area contributed by atoms with Gasteiger partial charge in [0.1, 0.15) is 4.90 Å². The Labute approximate surface area is 129 Å². The minimum atomic E-state index is -3.60. The molecule has 0 unspecified atom stereocenters. The van der Waals surface area contributed by atoms with Crippen molar-refractivity contribution in [3.63, 3.8) is 0 Å². The first-order valence-corrected chi connectivity index (χ1v) is 8.96. The highest BCUT2D eigenvalue weighted by Gasteiger charge is 2.18.